The first-order valence-corrected chi connectivity index (χ1v) is 5.68. The van der Waals surface area contributed by atoms with Crippen LogP contribution in [0.5, 0.6) is 0 Å². The highest BCUT2D eigenvalue weighted by Gasteiger charge is 2.17. The molecule has 0 bridgehead atoms. The molecule has 0 atom stereocenters. The summed E-state index contributed by atoms with van der Waals surface area (Å²) in [4.78, 5) is 26.9. The Balaban J connectivity index is 2.29. The van der Waals surface area contributed by atoms with Gasteiger partial charge in [-0.3, -0.25) is 9.78 Å². The van der Waals surface area contributed by atoms with Gasteiger partial charge in [0.2, 0.25) is 0 Å². The monoisotopic (exact) mass is 266 g/mol. The zero-order valence-corrected chi connectivity index (χ0v) is 10.3. The van der Waals surface area contributed by atoms with Crippen LogP contribution in [0.1, 0.15) is 26.4 Å². The fourth-order valence-corrected chi connectivity index (χ4v) is 1.64. The zero-order valence-electron chi connectivity index (χ0n) is 10.3. The van der Waals surface area contributed by atoms with Crippen LogP contribution in [-0.2, 0) is 0 Å². The molecule has 0 aliphatic heterocycles. The molecule has 2 rings (SSSR count). The predicted molar refractivity (Wildman–Crippen MR) is 73.5 cm³/mol. The van der Waals surface area contributed by atoms with Gasteiger partial charge in [-0.25, -0.2) is 4.79 Å². The van der Waals surface area contributed by atoms with Crippen molar-refractivity contribution in [1.29, 1.82) is 0 Å². The number of carbonyl (C=O) groups is 2. The van der Waals surface area contributed by atoms with Gasteiger partial charge in [0.05, 0.1) is 5.56 Å². The van der Waals surface area contributed by atoms with E-state index < -0.39 is 11.9 Å². The number of amides is 1. The summed E-state index contributed by atoms with van der Waals surface area (Å²) >= 11 is 0. The molecule has 1 aromatic carbocycles. The Hall–Kier alpha value is -3.13. The fourth-order valence-electron chi connectivity index (χ4n) is 1.64. The predicted octanol–water partition coefficient (Wildman–Crippen LogP) is 2.01. The number of benzene rings is 1. The first kappa shape index (κ1) is 13.3. The van der Waals surface area contributed by atoms with Crippen molar-refractivity contribution in [1.82, 2.24) is 4.98 Å². The van der Waals surface area contributed by atoms with E-state index in [1.807, 2.05) is 0 Å². The Kier molecular flexibility index (Phi) is 3.77. The maximum Gasteiger partial charge on any atom is 0.338 e. The number of terminal acetylenes is 1. The number of aromatic nitrogens is 1. The van der Waals surface area contributed by atoms with Gasteiger partial charge in [0.1, 0.15) is 5.69 Å². The summed E-state index contributed by atoms with van der Waals surface area (Å²) in [5, 5.41) is 11.6. The molecule has 1 aromatic heterocycles. The van der Waals surface area contributed by atoms with Gasteiger partial charge < -0.3 is 10.4 Å². The van der Waals surface area contributed by atoms with Crippen LogP contribution in [0.2, 0.25) is 0 Å². The van der Waals surface area contributed by atoms with Crippen LogP contribution >= 0.6 is 0 Å². The molecule has 5 nitrogen and oxygen atoms in total. The number of nitrogens with zero attached hydrogens (tertiary/aromatic N) is 1. The number of pyridine rings is 1. The molecular formula is C15H10N2O3. The van der Waals surface area contributed by atoms with E-state index in [9.17, 15) is 9.59 Å². The van der Waals surface area contributed by atoms with Crippen molar-refractivity contribution < 1.29 is 14.7 Å². The maximum atomic E-state index is 12.1. The number of hydrogen-bond acceptors (Lipinski definition) is 3. The minimum absolute atomic E-state index is 0.147. The summed E-state index contributed by atoms with van der Waals surface area (Å²) in [5.41, 5.74) is 0.791. The molecule has 1 amide bonds. The van der Waals surface area contributed by atoms with E-state index >= 15 is 0 Å². The normalized spacial score (nSPS) is 9.55. The third-order valence-electron chi connectivity index (χ3n) is 2.54. The van der Waals surface area contributed by atoms with Crippen molar-refractivity contribution in [3.8, 4) is 12.3 Å². The van der Waals surface area contributed by atoms with Crippen LogP contribution in [0, 0.1) is 12.3 Å². The number of carbonyl (C=O) groups excluding carboxylic acids is 1. The highest BCUT2D eigenvalue weighted by molar-refractivity contribution is 6.09. The molecule has 0 fully saturated rings. The van der Waals surface area contributed by atoms with Crippen molar-refractivity contribution in [3.63, 3.8) is 0 Å². The molecule has 0 aliphatic carbocycles. The molecule has 0 spiro atoms. The molecule has 0 unspecified atom stereocenters. The molecule has 0 saturated heterocycles. The Labute approximate surface area is 115 Å². The first-order chi connectivity index (χ1) is 9.61. The van der Waals surface area contributed by atoms with E-state index in [1.54, 1.807) is 24.3 Å². The zero-order chi connectivity index (χ0) is 14.5. The summed E-state index contributed by atoms with van der Waals surface area (Å²) in [6.07, 6.45) is 6.63. The number of nitrogens with one attached hydrogen (secondary N) is 1. The molecule has 0 radical (unpaired) electrons. The molecule has 2 aromatic rings. The minimum atomic E-state index is -1.21. The number of carboxylic acid groups (broad SMARTS) is 1. The van der Waals surface area contributed by atoms with E-state index in [1.165, 1.54) is 18.3 Å². The van der Waals surface area contributed by atoms with Crippen LogP contribution in [0.25, 0.3) is 0 Å². The Morgan fingerprint density at radius 2 is 2.05 bits per heavy atom. The number of anilines is 1. The van der Waals surface area contributed by atoms with E-state index in [2.05, 4.69) is 16.2 Å². The average Bonchev–Trinajstić information content (AvgIpc) is 2.47. The molecule has 98 valence electrons. The minimum Gasteiger partial charge on any atom is -0.478 e. The summed E-state index contributed by atoms with van der Waals surface area (Å²) in [7, 11) is 0. The highest BCUT2D eigenvalue weighted by atomic mass is 16.4. The van der Waals surface area contributed by atoms with Gasteiger partial charge in [-0.2, -0.15) is 0 Å². The van der Waals surface area contributed by atoms with Gasteiger partial charge in [-0.15, -0.1) is 6.42 Å². The Morgan fingerprint density at radius 1 is 1.25 bits per heavy atom. The maximum absolute atomic E-state index is 12.1. The lowest BCUT2D eigenvalue weighted by Crippen LogP contribution is -2.18. The highest BCUT2D eigenvalue weighted by Crippen LogP contribution is 2.13. The number of hydrogen-bond donors (Lipinski definition) is 2. The third-order valence-corrected chi connectivity index (χ3v) is 2.54. The second-order valence-corrected chi connectivity index (χ2v) is 3.88. The van der Waals surface area contributed by atoms with Gasteiger partial charge in [-0.1, -0.05) is 12.0 Å². The molecule has 5 heteroatoms. The van der Waals surface area contributed by atoms with Crippen LogP contribution in [-0.4, -0.2) is 22.0 Å². The van der Waals surface area contributed by atoms with Crippen molar-refractivity contribution >= 4 is 17.6 Å². The quantitative estimate of drug-likeness (QED) is 0.833. The lowest BCUT2D eigenvalue weighted by Gasteiger charge is -2.07. The SMILES string of the molecule is C#Cc1cccc(NC(=O)c2ncccc2C(=O)O)c1. The van der Waals surface area contributed by atoms with Gasteiger partial charge in [0, 0.05) is 17.4 Å². The lowest BCUT2D eigenvalue weighted by atomic mass is 10.1. The average molecular weight is 266 g/mol. The van der Waals surface area contributed by atoms with Crippen molar-refractivity contribution in [2.24, 2.45) is 0 Å². The second kappa shape index (κ2) is 5.67. The van der Waals surface area contributed by atoms with Gasteiger partial charge in [-0.05, 0) is 30.3 Å². The summed E-state index contributed by atoms with van der Waals surface area (Å²) < 4.78 is 0. The Bertz CT molecular complexity index is 717. The molecular weight excluding hydrogens is 256 g/mol. The summed E-state index contributed by atoms with van der Waals surface area (Å²) in [6.45, 7) is 0. The van der Waals surface area contributed by atoms with E-state index in [0.29, 0.717) is 11.3 Å². The van der Waals surface area contributed by atoms with E-state index in [0.717, 1.165) is 0 Å². The summed E-state index contributed by atoms with van der Waals surface area (Å²) in [5.74, 6) is 0.641. The standard InChI is InChI=1S/C15H10N2O3/c1-2-10-5-3-6-11(9-10)17-14(18)13-12(15(19)20)7-4-8-16-13/h1,3-9H,(H,17,18)(H,19,20). The molecule has 1 heterocycles. The smallest absolute Gasteiger partial charge is 0.338 e. The fraction of sp³-hybridized carbons (Fsp3) is 0. The van der Waals surface area contributed by atoms with Crippen molar-refractivity contribution in [3.05, 3.63) is 59.4 Å². The number of carboxylic acids is 1. The first-order valence-electron chi connectivity index (χ1n) is 5.68. The van der Waals surface area contributed by atoms with E-state index in [4.69, 9.17) is 11.5 Å². The van der Waals surface area contributed by atoms with Crippen LogP contribution in [0.3, 0.4) is 0 Å². The van der Waals surface area contributed by atoms with Crippen LogP contribution < -0.4 is 5.32 Å². The van der Waals surface area contributed by atoms with Crippen LogP contribution in [0.15, 0.2) is 42.6 Å². The topological polar surface area (TPSA) is 79.3 Å². The molecule has 2 N–H and O–H groups in total. The van der Waals surface area contributed by atoms with Gasteiger partial charge in [0.25, 0.3) is 5.91 Å². The number of aromatic carboxylic acids is 1. The van der Waals surface area contributed by atoms with E-state index in [-0.39, 0.29) is 11.3 Å². The summed E-state index contributed by atoms with van der Waals surface area (Å²) in [6, 6.07) is 9.46. The second-order valence-electron chi connectivity index (χ2n) is 3.88. The largest absolute Gasteiger partial charge is 0.478 e. The van der Waals surface area contributed by atoms with Crippen LogP contribution in [0.4, 0.5) is 5.69 Å². The van der Waals surface area contributed by atoms with Gasteiger partial charge >= 0.3 is 5.97 Å². The molecule has 0 aliphatic rings. The van der Waals surface area contributed by atoms with Crippen molar-refractivity contribution in [2.75, 3.05) is 5.32 Å². The third kappa shape index (κ3) is 2.82. The lowest BCUT2D eigenvalue weighted by molar-refractivity contribution is 0.0691. The number of rotatable bonds is 3. The van der Waals surface area contributed by atoms with Crippen molar-refractivity contribution in [2.45, 2.75) is 0 Å². The van der Waals surface area contributed by atoms with Gasteiger partial charge in [0.15, 0.2) is 0 Å². The Morgan fingerprint density at radius 3 is 2.75 bits per heavy atom. The molecule has 20 heavy (non-hydrogen) atoms. The molecule has 0 saturated carbocycles.